The van der Waals surface area contributed by atoms with Crippen LogP contribution in [0.3, 0.4) is 0 Å². The van der Waals surface area contributed by atoms with E-state index in [-0.39, 0.29) is 5.56 Å². The normalized spacial score (nSPS) is 12.4. The van der Waals surface area contributed by atoms with Crippen molar-refractivity contribution in [1.29, 1.82) is 0 Å². The van der Waals surface area contributed by atoms with Gasteiger partial charge in [-0.25, -0.2) is 9.59 Å². The Balaban J connectivity index is 0.000000251. The van der Waals surface area contributed by atoms with Crippen LogP contribution >= 0.6 is 23.2 Å². The molecule has 0 aliphatic rings. The molecule has 0 aliphatic heterocycles. The molecule has 0 saturated heterocycles. The number of aliphatic hydroxyl groups excluding tert-OH is 2. The van der Waals surface area contributed by atoms with Crippen LogP contribution in [-0.4, -0.2) is 34.4 Å². The number of esters is 1. The Labute approximate surface area is 154 Å². The SMILES string of the molecule is COC(=O)[C@H](O)c1cccc(Cl)c1.O=C(O)[C@H](O)c1cccc(Cl)c1. The predicted octanol–water partition coefficient (Wildman–Crippen LogP) is 3.00. The van der Waals surface area contributed by atoms with E-state index < -0.39 is 24.1 Å². The zero-order valence-corrected chi connectivity index (χ0v) is 14.6. The van der Waals surface area contributed by atoms with E-state index in [1.54, 1.807) is 30.3 Å². The highest BCUT2D eigenvalue weighted by molar-refractivity contribution is 6.30. The summed E-state index contributed by atoms with van der Waals surface area (Å²) in [5.74, 6) is -1.97. The Morgan fingerprint density at radius 2 is 1.36 bits per heavy atom. The molecule has 0 fully saturated rings. The minimum absolute atomic E-state index is 0.287. The highest BCUT2D eigenvalue weighted by atomic mass is 35.5. The molecule has 8 heteroatoms. The van der Waals surface area contributed by atoms with Gasteiger partial charge in [0, 0.05) is 10.0 Å². The highest BCUT2D eigenvalue weighted by Gasteiger charge is 2.17. The van der Waals surface area contributed by atoms with Crippen molar-refractivity contribution in [2.45, 2.75) is 12.2 Å². The van der Waals surface area contributed by atoms with Gasteiger partial charge in [-0.2, -0.15) is 0 Å². The number of carboxylic acid groups (broad SMARTS) is 1. The van der Waals surface area contributed by atoms with Crippen molar-refractivity contribution in [2.75, 3.05) is 7.11 Å². The zero-order valence-electron chi connectivity index (χ0n) is 13.1. The number of aliphatic carboxylic acids is 1. The summed E-state index contributed by atoms with van der Waals surface area (Å²) in [5.41, 5.74) is 0.717. The molecule has 0 radical (unpaired) electrons. The fraction of sp³-hybridized carbons (Fsp3) is 0.176. The number of halogens is 2. The number of carbonyl (C=O) groups excluding carboxylic acids is 1. The molecule has 2 aromatic rings. The van der Waals surface area contributed by atoms with E-state index in [4.69, 9.17) is 33.4 Å². The second-order valence-electron chi connectivity index (χ2n) is 4.78. The topological polar surface area (TPSA) is 104 Å². The lowest BCUT2D eigenvalue weighted by molar-refractivity contribution is -0.150. The van der Waals surface area contributed by atoms with Crippen LogP contribution in [0.1, 0.15) is 23.3 Å². The molecule has 0 saturated carbocycles. The number of ether oxygens (including phenoxy) is 1. The smallest absolute Gasteiger partial charge is 0.339 e. The average Bonchev–Trinajstić information content (AvgIpc) is 2.60. The number of hydrogen-bond donors (Lipinski definition) is 3. The van der Waals surface area contributed by atoms with Crippen LogP contribution in [0.25, 0.3) is 0 Å². The van der Waals surface area contributed by atoms with E-state index in [9.17, 15) is 14.7 Å². The number of methoxy groups -OCH3 is 1. The number of hydrogen-bond acceptors (Lipinski definition) is 5. The quantitative estimate of drug-likeness (QED) is 0.697. The first-order valence-corrected chi connectivity index (χ1v) is 7.69. The van der Waals surface area contributed by atoms with Gasteiger partial charge in [0.05, 0.1) is 7.11 Å². The van der Waals surface area contributed by atoms with Gasteiger partial charge in [0.2, 0.25) is 0 Å². The lowest BCUT2D eigenvalue weighted by Crippen LogP contribution is -2.13. The maximum atomic E-state index is 10.9. The second-order valence-corrected chi connectivity index (χ2v) is 5.65. The molecular formula is C17H16Cl2O6. The maximum Gasteiger partial charge on any atom is 0.339 e. The molecule has 0 heterocycles. The van der Waals surface area contributed by atoms with Crippen molar-refractivity contribution in [3.8, 4) is 0 Å². The van der Waals surface area contributed by atoms with Crippen LogP contribution < -0.4 is 0 Å². The minimum atomic E-state index is -1.50. The monoisotopic (exact) mass is 386 g/mol. The Morgan fingerprint density at radius 1 is 0.920 bits per heavy atom. The molecule has 0 spiro atoms. The summed E-state index contributed by atoms with van der Waals surface area (Å²) in [6.07, 6.45) is -2.76. The standard InChI is InChI=1S/C9H9ClO3.C8H7ClO3/c1-13-9(12)8(11)6-3-2-4-7(10)5-6;9-6-3-1-2-5(4-6)7(10)8(11)12/h2-5,8,11H,1H3;1-4,7,10H,(H,11,12)/t8-;7-/m11/s1. The molecule has 2 atom stereocenters. The van der Waals surface area contributed by atoms with Crippen molar-refractivity contribution in [3.63, 3.8) is 0 Å². The molecule has 0 aromatic heterocycles. The van der Waals surface area contributed by atoms with Gasteiger partial charge < -0.3 is 20.1 Å². The molecule has 0 aliphatic carbocycles. The number of carboxylic acids is 1. The average molecular weight is 387 g/mol. The van der Waals surface area contributed by atoms with Crippen molar-refractivity contribution in [1.82, 2.24) is 0 Å². The number of carbonyl (C=O) groups is 2. The molecule has 2 rings (SSSR count). The summed E-state index contributed by atoms with van der Waals surface area (Å²) in [5, 5.41) is 27.8. The highest BCUT2D eigenvalue weighted by Crippen LogP contribution is 2.18. The molecule has 2 aromatic carbocycles. The second kappa shape index (κ2) is 10.0. The van der Waals surface area contributed by atoms with Gasteiger partial charge in [0.25, 0.3) is 0 Å². The molecule has 3 N–H and O–H groups in total. The fourth-order valence-electron chi connectivity index (χ4n) is 1.74. The summed E-state index contributed by atoms with van der Waals surface area (Å²) < 4.78 is 4.37. The molecule has 0 bridgehead atoms. The van der Waals surface area contributed by atoms with Gasteiger partial charge in [-0.05, 0) is 35.4 Å². The first-order valence-electron chi connectivity index (χ1n) is 6.94. The third-order valence-electron chi connectivity index (χ3n) is 2.99. The summed E-state index contributed by atoms with van der Waals surface area (Å²) in [4.78, 5) is 21.2. The van der Waals surface area contributed by atoms with Gasteiger partial charge in [-0.1, -0.05) is 47.5 Å². The zero-order chi connectivity index (χ0) is 19.0. The molecule has 134 valence electrons. The van der Waals surface area contributed by atoms with Crippen LogP contribution in [0.2, 0.25) is 10.0 Å². The number of rotatable bonds is 4. The molecular weight excluding hydrogens is 371 g/mol. The van der Waals surface area contributed by atoms with E-state index in [0.29, 0.717) is 15.6 Å². The Kier molecular flexibility index (Phi) is 8.37. The summed E-state index contributed by atoms with van der Waals surface area (Å²) in [6, 6.07) is 12.6. The van der Waals surface area contributed by atoms with E-state index in [1.807, 2.05) is 0 Å². The van der Waals surface area contributed by atoms with Crippen molar-refractivity contribution in [2.24, 2.45) is 0 Å². The van der Waals surface area contributed by atoms with Gasteiger partial charge >= 0.3 is 11.9 Å². The summed E-state index contributed by atoms with van der Waals surface area (Å²) >= 11 is 11.3. The van der Waals surface area contributed by atoms with E-state index in [0.717, 1.165) is 0 Å². The number of aliphatic hydroxyl groups is 2. The maximum absolute atomic E-state index is 10.9. The summed E-state index contributed by atoms with van der Waals surface area (Å²) in [6.45, 7) is 0. The first kappa shape index (κ1) is 20.9. The molecule has 6 nitrogen and oxygen atoms in total. The largest absolute Gasteiger partial charge is 0.479 e. The Hall–Kier alpha value is -2.12. The molecule has 0 unspecified atom stereocenters. The fourth-order valence-corrected chi connectivity index (χ4v) is 2.14. The Bertz CT molecular complexity index is 735. The minimum Gasteiger partial charge on any atom is -0.479 e. The van der Waals surface area contributed by atoms with Crippen molar-refractivity contribution < 1.29 is 29.6 Å². The molecule has 0 amide bonds. The first-order chi connectivity index (χ1) is 11.8. The van der Waals surface area contributed by atoms with E-state index >= 15 is 0 Å². The third-order valence-corrected chi connectivity index (χ3v) is 3.46. The third kappa shape index (κ3) is 6.72. The van der Waals surface area contributed by atoms with Crippen molar-refractivity contribution in [3.05, 3.63) is 69.7 Å². The summed E-state index contributed by atoms with van der Waals surface area (Å²) in [7, 11) is 1.22. The van der Waals surface area contributed by atoms with Gasteiger partial charge in [0.1, 0.15) is 0 Å². The van der Waals surface area contributed by atoms with E-state index in [2.05, 4.69) is 4.74 Å². The van der Waals surface area contributed by atoms with Crippen LogP contribution in [0, 0.1) is 0 Å². The predicted molar refractivity (Wildman–Crippen MR) is 92.5 cm³/mol. The van der Waals surface area contributed by atoms with Crippen LogP contribution in [0.15, 0.2) is 48.5 Å². The molecule has 25 heavy (non-hydrogen) atoms. The lowest BCUT2D eigenvalue weighted by atomic mass is 10.1. The van der Waals surface area contributed by atoms with Crippen molar-refractivity contribution >= 4 is 35.1 Å². The van der Waals surface area contributed by atoms with Crippen LogP contribution in [0.5, 0.6) is 0 Å². The van der Waals surface area contributed by atoms with Gasteiger partial charge in [0.15, 0.2) is 12.2 Å². The van der Waals surface area contributed by atoms with Crippen LogP contribution in [-0.2, 0) is 14.3 Å². The number of benzene rings is 2. The Morgan fingerprint density at radius 3 is 1.72 bits per heavy atom. The van der Waals surface area contributed by atoms with Crippen LogP contribution in [0.4, 0.5) is 0 Å². The lowest BCUT2D eigenvalue weighted by Gasteiger charge is -2.07. The van der Waals surface area contributed by atoms with E-state index in [1.165, 1.54) is 25.3 Å². The van der Waals surface area contributed by atoms with Gasteiger partial charge in [-0.3, -0.25) is 0 Å². The van der Waals surface area contributed by atoms with Gasteiger partial charge in [-0.15, -0.1) is 0 Å².